The number of nitro benzene ring substituents is 1. The van der Waals surface area contributed by atoms with E-state index >= 15 is 0 Å². The summed E-state index contributed by atoms with van der Waals surface area (Å²) in [5.41, 5.74) is 2.70. The van der Waals surface area contributed by atoms with E-state index in [0.717, 1.165) is 30.2 Å². The zero-order chi connectivity index (χ0) is 26.5. The van der Waals surface area contributed by atoms with Crippen molar-refractivity contribution in [2.75, 3.05) is 62.3 Å². The third kappa shape index (κ3) is 6.35. The number of carbonyl (C=O) groups excluding carboxylic acids is 1. The quantitative estimate of drug-likeness (QED) is 0.140. The van der Waals surface area contributed by atoms with E-state index in [4.69, 9.17) is 16.3 Å². The second-order valence-corrected chi connectivity index (χ2v) is 10.3. The van der Waals surface area contributed by atoms with Gasteiger partial charge in [0.25, 0.3) is 11.6 Å². The second-order valence-electron chi connectivity index (χ2n) is 8.97. The van der Waals surface area contributed by atoms with Crippen LogP contribution in [0.15, 0.2) is 59.8 Å². The van der Waals surface area contributed by atoms with E-state index < -0.39 is 4.92 Å². The zero-order valence-electron chi connectivity index (χ0n) is 20.7. The van der Waals surface area contributed by atoms with Crippen LogP contribution in [0.5, 0.6) is 0 Å². The Morgan fingerprint density at radius 2 is 1.63 bits per heavy atom. The number of nitrogens with zero attached hydrogens (tertiary/aromatic N) is 6. The summed E-state index contributed by atoms with van der Waals surface area (Å²) in [5, 5.41) is 11.9. The normalized spacial score (nSPS) is 16.0. The number of non-ortho nitro benzene ring substituents is 1. The Morgan fingerprint density at radius 3 is 2.29 bits per heavy atom. The van der Waals surface area contributed by atoms with Crippen LogP contribution in [0, 0.1) is 10.1 Å². The highest BCUT2D eigenvalue weighted by molar-refractivity contribution is 7.98. The van der Waals surface area contributed by atoms with E-state index in [-0.39, 0.29) is 11.6 Å². The molecule has 0 bridgehead atoms. The molecule has 3 heterocycles. The number of benzene rings is 2. The lowest BCUT2D eigenvalue weighted by atomic mass is 10.1. The molecule has 0 unspecified atom stereocenters. The predicted molar refractivity (Wildman–Crippen MR) is 147 cm³/mol. The Morgan fingerprint density at radius 1 is 0.947 bits per heavy atom. The number of piperazine rings is 1. The van der Waals surface area contributed by atoms with Crippen molar-refractivity contribution >= 4 is 46.5 Å². The average Bonchev–Trinajstić information content (AvgIpc) is 2.96. The summed E-state index contributed by atoms with van der Waals surface area (Å²) in [6.07, 6.45) is 0. The minimum atomic E-state index is -0.405. The van der Waals surface area contributed by atoms with Crippen molar-refractivity contribution in [1.82, 2.24) is 14.9 Å². The van der Waals surface area contributed by atoms with Gasteiger partial charge in [0.05, 0.1) is 18.1 Å². The van der Waals surface area contributed by atoms with Gasteiger partial charge in [-0.2, -0.15) is 0 Å². The number of carbonyl (C=O) groups is 1. The number of hydrogen-bond donors (Lipinski definition) is 0. The van der Waals surface area contributed by atoms with Crippen molar-refractivity contribution in [3.05, 3.63) is 81.0 Å². The predicted octanol–water partition coefficient (Wildman–Crippen LogP) is 4.13. The van der Waals surface area contributed by atoms with E-state index in [2.05, 4.69) is 19.8 Å². The molecule has 1 amide bonds. The monoisotopic (exact) mass is 554 g/mol. The molecule has 5 rings (SSSR count). The number of aromatic nitrogens is 2. The molecule has 3 aromatic rings. The van der Waals surface area contributed by atoms with E-state index in [9.17, 15) is 14.9 Å². The molecule has 38 heavy (non-hydrogen) atoms. The third-order valence-electron chi connectivity index (χ3n) is 6.56. The lowest BCUT2D eigenvalue weighted by molar-refractivity contribution is -0.384. The Hall–Kier alpha value is -3.41. The summed E-state index contributed by atoms with van der Waals surface area (Å²) in [4.78, 5) is 38.7. The van der Waals surface area contributed by atoms with Gasteiger partial charge in [-0.15, -0.1) is 0 Å². The molecule has 0 N–H and O–H groups in total. The van der Waals surface area contributed by atoms with Gasteiger partial charge >= 0.3 is 0 Å². The summed E-state index contributed by atoms with van der Waals surface area (Å²) in [6, 6.07) is 15.9. The Bertz CT molecular complexity index is 1280. The summed E-state index contributed by atoms with van der Waals surface area (Å²) in [5.74, 6) is 1.47. The van der Waals surface area contributed by atoms with Gasteiger partial charge in [0, 0.05) is 74.5 Å². The Labute approximate surface area is 229 Å². The summed E-state index contributed by atoms with van der Waals surface area (Å²) < 4.78 is 5.41. The van der Waals surface area contributed by atoms with Gasteiger partial charge in [-0.05, 0) is 29.8 Å². The van der Waals surface area contributed by atoms with E-state index in [0.29, 0.717) is 61.0 Å². The number of morpholine rings is 1. The average molecular weight is 555 g/mol. The molecule has 2 aromatic carbocycles. The maximum atomic E-state index is 13.1. The van der Waals surface area contributed by atoms with Crippen LogP contribution in [-0.2, 0) is 10.5 Å². The molecule has 0 saturated carbocycles. The lowest BCUT2D eigenvalue weighted by Gasteiger charge is -2.36. The highest BCUT2D eigenvalue weighted by Crippen LogP contribution is 2.26. The molecule has 2 fully saturated rings. The molecule has 2 aliphatic rings. The molecule has 0 spiro atoms. The number of nitro groups is 1. The molecule has 1 aromatic heterocycles. The van der Waals surface area contributed by atoms with Gasteiger partial charge < -0.3 is 19.4 Å². The van der Waals surface area contributed by atoms with Crippen LogP contribution in [0.1, 0.15) is 15.9 Å². The van der Waals surface area contributed by atoms with Gasteiger partial charge in [-0.1, -0.05) is 35.5 Å². The molecule has 2 aliphatic heterocycles. The minimum Gasteiger partial charge on any atom is -0.378 e. The largest absolute Gasteiger partial charge is 0.378 e. The van der Waals surface area contributed by atoms with E-state index in [1.54, 1.807) is 18.2 Å². The second kappa shape index (κ2) is 12.0. The molecule has 10 nitrogen and oxygen atoms in total. The number of hydrogen-bond acceptors (Lipinski definition) is 9. The summed E-state index contributed by atoms with van der Waals surface area (Å²) >= 11 is 7.76. The first kappa shape index (κ1) is 26.2. The summed E-state index contributed by atoms with van der Waals surface area (Å²) in [7, 11) is 0. The lowest BCUT2D eigenvalue weighted by Crippen LogP contribution is -2.48. The highest BCUT2D eigenvalue weighted by Gasteiger charge is 2.23. The van der Waals surface area contributed by atoms with Crippen molar-refractivity contribution in [2.45, 2.75) is 10.9 Å². The van der Waals surface area contributed by atoms with Gasteiger partial charge in [0.2, 0.25) is 0 Å². The van der Waals surface area contributed by atoms with E-state index in [1.807, 2.05) is 29.2 Å². The smallest absolute Gasteiger partial charge is 0.269 e. The number of halogens is 1. The standard InChI is InChI=1S/C26H27ClN6O4S/c27-23-17-24(31-13-15-37-16-14-31)29-26(28-23)38-18-19-1-3-20(4-2-19)25(34)32-11-9-30(10-12-32)21-5-7-22(8-6-21)33(35)36/h1-8,17H,9-16,18H2. The van der Waals surface area contributed by atoms with Crippen LogP contribution >= 0.6 is 23.4 Å². The number of ether oxygens (including phenoxy) is 1. The fraction of sp³-hybridized carbons (Fsp3) is 0.346. The number of amides is 1. The molecule has 0 atom stereocenters. The molecule has 198 valence electrons. The van der Waals surface area contributed by atoms with E-state index in [1.165, 1.54) is 23.9 Å². The SMILES string of the molecule is O=C(c1ccc(CSc2nc(Cl)cc(N3CCOCC3)n2)cc1)N1CCN(c2ccc([N+](=O)[O-])cc2)CC1. The van der Waals surface area contributed by atoms with Crippen molar-refractivity contribution in [3.63, 3.8) is 0 Å². The fourth-order valence-corrected chi connectivity index (χ4v) is 5.47. The van der Waals surface area contributed by atoms with Crippen LogP contribution in [-0.4, -0.2) is 78.2 Å². The fourth-order valence-electron chi connectivity index (χ4n) is 4.43. The number of rotatable bonds is 7. The van der Waals surface area contributed by atoms with Crippen molar-refractivity contribution in [2.24, 2.45) is 0 Å². The maximum Gasteiger partial charge on any atom is 0.269 e. The van der Waals surface area contributed by atoms with Crippen LogP contribution in [0.2, 0.25) is 5.15 Å². The Kier molecular flexibility index (Phi) is 8.26. The van der Waals surface area contributed by atoms with Crippen molar-refractivity contribution < 1.29 is 14.5 Å². The molecule has 2 saturated heterocycles. The summed E-state index contributed by atoms with van der Waals surface area (Å²) in [6.45, 7) is 5.41. The van der Waals surface area contributed by atoms with Crippen molar-refractivity contribution in [3.8, 4) is 0 Å². The molecular weight excluding hydrogens is 528 g/mol. The highest BCUT2D eigenvalue weighted by atomic mass is 35.5. The Balaban J connectivity index is 1.14. The first-order chi connectivity index (χ1) is 18.5. The minimum absolute atomic E-state index is 0.000815. The topological polar surface area (TPSA) is 105 Å². The van der Waals surface area contributed by atoms with Gasteiger partial charge in [-0.25, -0.2) is 9.97 Å². The number of thioether (sulfide) groups is 1. The van der Waals surface area contributed by atoms with Crippen LogP contribution in [0.4, 0.5) is 17.2 Å². The van der Waals surface area contributed by atoms with Gasteiger partial charge in [-0.3, -0.25) is 14.9 Å². The van der Waals surface area contributed by atoms with Crippen molar-refractivity contribution in [1.29, 1.82) is 0 Å². The first-order valence-electron chi connectivity index (χ1n) is 12.3. The maximum absolute atomic E-state index is 13.1. The van der Waals surface area contributed by atoms with Crippen LogP contribution < -0.4 is 9.80 Å². The molecule has 0 radical (unpaired) electrons. The number of anilines is 2. The molecular formula is C26H27ClN6O4S. The van der Waals surface area contributed by atoms with Gasteiger partial charge in [0.1, 0.15) is 11.0 Å². The molecule has 0 aliphatic carbocycles. The third-order valence-corrected chi connectivity index (χ3v) is 7.67. The first-order valence-corrected chi connectivity index (χ1v) is 13.7. The molecule has 12 heteroatoms. The van der Waals surface area contributed by atoms with Crippen LogP contribution in [0.3, 0.4) is 0 Å². The van der Waals surface area contributed by atoms with Gasteiger partial charge in [0.15, 0.2) is 5.16 Å². The zero-order valence-corrected chi connectivity index (χ0v) is 22.2. The van der Waals surface area contributed by atoms with Crippen LogP contribution in [0.25, 0.3) is 0 Å².